The van der Waals surface area contributed by atoms with E-state index in [1.807, 2.05) is 0 Å². The molecular formula is C14H16FN5O2S. The molecule has 2 heterocycles. The lowest BCUT2D eigenvalue weighted by atomic mass is 10.1. The molecular weight excluding hydrogens is 321 g/mol. The number of aromatic amines is 1. The number of benzene rings is 1. The maximum atomic E-state index is 13.0. The highest BCUT2D eigenvalue weighted by Crippen LogP contribution is 2.23. The van der Waals surface area contributed by atoms with Crippen LogP contribution in [0, 0.1) is 5.82 Å². The summed E-state index contributed by atoms with van der Waals surface area (Å²) in [6.07, 6.45) is -0.238. The molecule has 0 bridgehead atoms. The van der Waals surface area contributed by atoms with Crippen LogP contribution in [-0.2, 0) is 9.53 Å². The molecule has 3 N–H and O–H groups in total. The molecule has 1 aromatic heterocycles. The Morgan fingerprint density at radius 1 is 1.48 bits per heavy atom. The van der Waals surface area contributed by atoms with E-state index in [9.17, 15) is 9.18 Å². The number of carbonyl (C=O) groups excluding carboxylic acids is 1. The molecule has 1 fully saturated rings. The number of morpholine rings is 1. The molecule has 1 aliphatic heterocycles. The molecule has 1 saturated heterocycles. The fraction of sp³-hybridized carbons (Fsp3) is 0.357. The Bertz CT molecular complexity index is 678. The van der Waals surface area contributed by atoms with Crippen LogP contribution in [-0.4, -0.2) is 51.4 Å². The number of rotatable bonds is 4. The molecule has 9 heteroatoms. The summed E-state index contributed by atoms with van der Waals surface area (Å²) in [5, 5.41) is 6.84. The molecule has 0 spiro atoms. The first-order chi connectivity index (χ1) is 11.1. The standard InChI is InChI=1S/C14H16FN5O2S/c15-10-3-1-9(2-4-10)11-7-20(5-6-22-11)12(21)8-23-14-17-13(16)18-19-14/h1-4,11H,5-8H2,(H3,16,17,18,19)/t11-/m1/s1. The van der Waals surface area contributed by atoms with Gasteiger partial charge in [0.25, 0.3) is 0 Å². The number of nitrogens with two attached hydrogens (primary N) is 1. The van der Waals surface area contributed by atoms with Crippen LogP contribution < -0.4 is 5.73 Å². The molecule has 1 atom stereocenters. The zero-order valence-corrected chi connectivity index (χ0v) is 13.1. The number of hydrogen-bond donors (Lipinski definition) is 2. The fourth-order valence-corrected chi connectivity index (χ4v) is 3.00. The van der Waals surface area contributed by atoms with E-state index in [0.29, 0.717) is 24.9 Å². The minimum Gasteiger partial charge on any atom is -0.370 e. The summed E-state index contributed by atoms with van der Waals surface area (Å²) in [4.78, 5) is 18.0. The number of nitrogen functional groups attached to an aromatic ring is 1. The van der Waals surface area contributed by atoms with Gasteiger partial charge in [0.15, 0.2) is 0 Å². The summed E-state index contributed by atoms with van der Waals surface area (Å²) < 4.78 is 18.7. The van der Waals surface area contributed by atoms with E-state index in [1.165, 1.54) is 23.9 Å². The molecule has 23 heavy (non-hydrogen) atoms. The fourth-order valence-electron chi connectivity index (χ4n) is 2.30. The van der Waals surface area contributed by atoms with Crippen molar-refractivity contribution in [1.82, 2.24) is 20.1 Å². The van der Waals surface area contributed by atoms with Crippen molar-refractivity contribution < 1.29 is 13.9 Å². The van der Waals surface area contributed by atoms with E-state index >= 15 is 0 Å². The Morgan fingerprint density at radius 2 is 2.26 bits per heavy atom. The number of nitrogens with one attached hydrogen (secondary N) is 1. The maximum absolute atomic E-state index is 13.0. The number of thioether (sulfide) groups is 1. The monoisotopic (exact) mass is 337 g/mol. The third-order valence-corrected chi connectivity index (χ3v) is 4.30. The second-order valence-electron chi connectivity index (χ2n) is 5.04. The van der Waals surface area contributed by atoms with E-state index in [2.05, 4.69) is 15.2 Å². The second-order valence-corrected chi connectivity index (χ2v) is 5.99. The van der Waals surface area contributed by atoms with Crippen molar-refractivity contribution in [3.8, 4) is 0 Å². The molecule has 0 saturated carbocycles. The van der Waals surface area contributed by atoms with Crippen LogP contribution in [0.1, 0.15) is 11.7 Å². The number of halogens is 1. The predicted octanol–water partition coefficient (Wildman–Crippen LogP) is 1.22. The number of H-pyrrole nitrogens is 1. The molecule has 0 unspecified atom stereocenters. The van der Waals surface area contributed by atoms with Gasteiger partial charge in [-0.25, -0.2) is 9.49 Å². The quantitative estimate of drug-likeness (QED) is 0.814. The minimum atomic E-state index is -0.292. The molecule has 1 aromatic carbocycles. The summed E-state index contributed by atoms with van der Waals surface area (Å²) in [5.41, 5.74) is 6.30. The number of amides is 1. The van der Waals surface area contributed by atoms with Gasteiger partial charge in [-0.2, -0.15) is 4.98 Å². The van der Waals surface area contributed by atoms with Crippen molar-refractivity contribution in [2.45, 2.75) is 11.3 Å². The van der Waals surface area contributed by atoms with Crippen LogP contribution in [0.25, 0.3) is 0 Å². The van der Waals surface area contributed by atoms with Gasteiger partial charge < -0.3 is 15.4 Å². The normalized spacial score (nSPS) is 18.1. The first kappa shape index (κ1) is 15.8. The number of anilines is 1. The first-order valence-electron chi connectivity index (χ1n) is 7.07. The number of hydrogen-bond acceptors (Lipinski definition) is 6. The smallest absolute Gasteiger partial charge is 0.233 e. The zero-order valence-electron chi connectivity index (χ0n) is 12.2. The third-order valence-electron chi connectivity index (χ3n) is 3.47. The van der Waals surface area contributed by atoms with Gasteiger partial charge in [-0.15, -0.1) is 5.10 Å². The summed E-state index contributed by atoms with van der Waals surface area (Å²) >= 11 is 1.23. The highest BCUT2D eigenvalue weighted by atomic mass is 32.2. The second kappa shape index (κ2) is 6.97. The van der Waals surface area contributed by atoms with Gasteiger partial charge in [0, 0.05) is 6.54 Å². The van der Waals surface area contributed by atoms with Crippen molar-refractivity contribution >= 4 is 23.6 Å². The Hall–Kier alpha value is -2.13. The van der Waals surface area contributed by atoms with Gasteiger partial charge in [0.1, 0.15) is 11.9 Å². The minimum absolute atomic E-state index is 0.0196. The predicted molar refractivity (Wildman–Crippen MR) is 83.2 cm³/mol. The van der Waals surface area contributed by atoms with Gasteiger partial charge in [-0.1, -0.05) is 23.9 Å². The number of ether oxygens (including phenoxy) is 1. The summed E-state index contributed by atoms with van der Waals surface area (Å²) in [6.45, 7) is 1.43. The molecule has 0 radical (unpaired) electrons. The average molecular weight is 337 g/mol. The van der Waals surface area contributed by atoms with Crippen LogP contribution in [0.2, 0.25) is 0 Å². The third kappa shape index (κ3) is 3.99. The summed E-state index contributed by atoms with van der Waals surface area (Å²) in [5.74, 6) is 0.143. The van der Waals surface area contributed by atoms with Crippen LogP contribution in [0.3, 0.4) is 0 Å². The number of aromatic nitrogens is 3. The topological polar surface area (TPSA) is 97.1 Å². The lowest BCUT2D eigenvalue weighted by molar-refractivity contribution is -0.136. The van der Waals surface area contributed by atoms with Crippen molar-refractivity contribution in [1.29, 1.82) is 0 Å². The Labute approximate surface area is 136 Å². The Kier molecular flexibility index (Phi) is 4.77. The van der Waals surface area contributed by atoms with Crippen LogP contribution in [0.5, 0.6) is 0 Å². The van der Waals surface area contributed by atoms with Crippen LogP contribution in [0.4, 0.5) is 10.3 Å². The summed E-state index contributed by atoms with van der Waals surface area (Å²) in [7, 11) is 0. The number of nitrogens with zero attached hydrogens (tertiary/aromatic N) is 3. The molecule has 122 valence electrons. The first-order valence-corrected chi connectivity index (χ1v) is 8.06. The lowest BCUT2D eigenvalue weighted by Gasteiger charge is -2.33. The van der Waals surface area contributed by atoms with Gasteiger partial charge in [-0.3, -0.25) is 4.79 Å². The van der Waals surface area contributed by atoms with E-state index in [4.69, 9.17) is 10.5 Å². The lowest BCUT2D eigenvalue weighted by Crippen LogP contribution is -2.43. The highest BCUT2D eigenvalue weighted by Gasteiger charge is 2.25. The van der Waals surface area contributed by atoms with Crippen molar-refractivity contribution in [2.24, 2.45) is 0 Å². The molecule has 1 aliphatic rings. The van der Waals surface area contributed by atoms with Crippen molar-refractivity contribution in [3.05, 3.63) is 35.6 Å². The van der Waals surface area contributed by atoms with Crippen LogP contribution in [0.15, 0.2) is 29.4 Å². The highest BCUT2D eigenvalue weighted by molar-refractivity contribution is 7.99. The van der Waals surface area contributed by atoms with Crippen LogP contribution >= 0.6 is 11.8 Å². The average Bonchev–Trinajstić information content (AvgIpc) is 2.99. The largest absolute Gasteiger partial charge is 0.370 e. The van der Waals surface area contributed by atoms with Crippen molar-refractivity contribution in [3.63, 3.8) is 0 Å². The zero-order chi connectivity index (χ0) is 16.2. The molecule has 1 amide bonds. The molecule has 3 rings (SSSR count). The summed E-state index contributed by atoms with van der Waals surface area (Å²) in [6, 6.07) is 6.14. The van der Waals surface area contributed by atoms with Crippen molar-refractivity contribution in [2.75, 3.05) is 31.2 Å². The SMILES string of the molecule is Nc1nc(SCC(=O)N2CCO[C@@H](c3ccc(F)cc3)C2)n[nH]1. The van der Waals surface area contributed by atoms with E-state index in [0.717, 1.165) is 5.56 Å². The van der Waals surface area contributed by atoms with Gasteiger partial charge in [0.05, 0.1) is 18.9 Å². The molecule has 0 aliphatic carbocycles. The van der Waals surface area contributed by atoms with E-state index in [1.54, 1.807) is 17.0 Å². The van der Waals surface area contributed by atoms with E-state index in [-0.39, 0.29) is 29.5 Å². The molecule has 2 aromatic rings. The molecule has 7 nitrogen and oxygen atoms in total. The Balaban J connectivity index is 1.57. The number of carbonyl (C=O) groups is 1. The maximum Gasteiger partial charge on any atom is 0.233 e. The Morgan fingerprint density at radius 3 is 2.96 bits per heavy atom. The van der Waals surface area contributed by atoms with Gasteiger partial charge >= 0.3 is 0 Å². The van der Waals surface area contributed by atoms with E-state index < -0.39 is 0 Å². The van der Waals surface area contributed by atoms with Gasteiger partial charge in [-0.05, 0) is 17.7 Å². The van der Waals surface area contributed by atoms with Gasteiger partial charge in [0.2, 0.25) is 17.0 Å².